The number of morpholine rings is 1. The molecule has 1 fully saturated rings. The highest BCUT2D eigenvalue weighted by Crippen LogP contribution is 2.06. The Labute approximate surface area is 72.7 Å². The molecule has 1 atom stereocenters. The van der Waals surface area contributed by atoms with Gasteiger partial charge in [-0.3, -0.25) is 4.90 Å². The van der Waals surface area contributed by atoms with Crippen LogP contribution in [-0.4, -0.2) is 60.7 Å². The summed E-state index contributed by atoms with van der Waals surface area (Å²) in [4.78, 5) is 2.17. The predicted molar refractivity (Wildman–Crippen MR) is 45.0 cm³/mol. The summed E-state index contributed by atoms with van der Waals surface area (Å²) in [6.45, 7) is 3.43. The molecule has 0 radical (unpaired) electrons. The zero-order chi connectivity index (χ0) is 8.81. The second kappa shape index (κ2) is 5.48. The average Bonchev–Trinajstić information content (AvgIpc) is 2.15. The van der Waals surface area contributed by atoms with Gasteiger partial charge in [-0.05, 0) is 6.42 Å². The van der Waals surface area contributed by atoms with E-state index in [0.717, 1.165) is 26.1 Å². The zero-order valence-corrected chi connectivity index (χ0v) is 7.28. The summed E-state index contributed by atoms with van der Waals surface area (Å²) in [6.07, 6.45) is 0.774. The Morgan fingerprint density at radius 2 is 2.25 bits per heavy atom. The van der Waals surface area contributed by atoms with Gasteiger partial charge in [-0.25, -0.2) is 0 Å². The van der Waals surface area contributed by atoms with E-state index in [-0.39, 0.29) is 19.3 Å². The lowest BCUT2D eigenvalue weighted by Gasteiger charge is -2.34. The second-order valence-electron chi connectivity index (χ2n) is 3.02. The number of ether oxygens (including phenoxy) is 1. The number of aliphatic hydroxyl groups is 2. The Kier molecular flexibility index (Phi) is 4.53. The van der Waals surface area contributed by atoms with Crippen molar-refractivity contribution in [2.75, 3.05) is 39.5 Å². The lowest BCUT2D eigenvalue weighted by Crippen LogP contribution is -2.47. The average molecular weight is 175 g/mol. The molecule has 0 aromatic heterocycles. The fraction of sp³-hybridized carbons (Fsp3) is 1.00. The van der Waals surface area contributed by atoms with Crippen molar-refractivity contribution in [3.05, 3.63) is 0 Å². The summed E-state index contributed by atoms with van der Waals surface area (Å²) in [5.41, 5.74) is 0. The van der Waals surface area contributed by atoms with Gasteiger partial charge >= 0.3 is 0 Å². The highest BCUT2D eigenvalue weighted by atomic mass is 16.5. The molecule has 1 saturated heterocycles. The summed E-state index contributed by atoms with van der Waals surface area (Å²) in [7, 11) is 0. The third-order valence-electron chi connectivity index (χ3n) is 2.16. The van der Waals surface area contributed by atoms with Crippen molar-refractivity contribution >= 4 is 0 Å². The summed E-state index contributed by atoms with van der Waals surface area (Å²) in [6, 6.07) is 0.130. The van der Waals surface area contributed by atoms with Gasteiger partial charge in [-0.2, -0.15) is 0 Å². The van der Waals surface area contributed by atoms with E-state index in [0.29, 0.717) is 6.61 Å². The largest absolute Gasteiger partial charge is 0.396 e. The Balaban J connectivity index is 2.26. The van der Waals surface area contributed by atoms with Crippen molar-refractivity contribution in [3.8, 4) is 0 Å². The molecule has 0 saturated carbocycles. The minimum Gasteiger partial charge on any atom is -0.396 e. The number of aliphatic hydroxyl groups excluding tert-OH is 2. The first kappa shape index (κ1) is 9.92. The predicted octanol–water partition coefficient (Wildman–Crippen LogP) is -0.938. The van der Waals surface area contributed by atoms with E-state index >= 15 is 0 Å². The van der Waals surface area contributed by atoms with E-state index < -0.39 is 0 Å². The molecule has 12 heavy (non-hydrogen) atoms. The van der Waals surface area contributed by atoms with Gasteiger partial charge in [0.15, 0.2) is 0 Å². The standard InChI is InChI=1S/C8H17NO3/c10-4-1-2-9-3-5-12-7-8(9)6-11/h8,10-11H,1-7H2/t8-/m0/s1. The summed E-state index contributed by atoms with van der Waals surface area (Å²) < 4.78 is 5.22. The fourth-order valence-corrected chi connectivity index (χ4v) is 1.43. The Bertz CT molecular complexity index is 121. The van der Waals surface area contributed by atoms with Gasteiger partial charge in [-0.15, -0.1) is 0 Å². The number of hydrogen-bond acceptors (Lipinski definition) is 4. The van der Waals surface area contributed by atoms with E-state index in [1.807, 2.05) is 0 Å². The zero-order valence-electron chi connectivity index (χ0n) is 7.28. The van der Waals surface area contributed by atoms with Gasteiger partial charge in [0.2, 0.25) is 0 Å². The van der Waals surface area contributed by atoms with Gasteiger partial charge in [-0.1, -0.05) is 0 Å². The molecule has 0 aromatic carbocycles. The van der Waals surface area contributed by atoms with Crippen LogP contribution in [0.15, 0.2) is 0 Å². The van der Waals surface area contributed by atoms with E-state index in [2.05, 4.69) is 4.90 Å². The van der Waals surface area contributed by atoms with Crippen LogP contribution >= 0.6 is 0 Å². The molecule has 0 unspecified atom stereocenters. The van der Waals surface area contributed by atoms with Crippen molar-refractivity contribution in [3.63, 3.8) is 0 Å². The van der Waals surface area contributed by atoms with Gasteiger partial charge in [0, 0.05) is 19.7 Å². The van der Waals surface area contributed by atoms with E-state index in [1.54, 1.807) is 0 Å². The maximum atomic E-state index is 8.98. The Morgan fingerprint density at radius 1 is 1.42 bits per heavy atom. The maximum absolute atomic E-state index is 8.98. The Morgan fingerprint density at radius 3 is 2.92 bits per heavy atom. The third-order valence-corrected chi connectivity index (χ3v) is 2.16. The molecule has 4 heteroatoms. The van der Waals surface area contributed by atoms with E-state index in [4.69, 9.17) is 14.9 Å². The van der Waals surface area contributed by atoms with Crippen LogP contribution in [0.2, 0.25) is 0 Å². The summed E-state index contributed by atoms with van der Waals surface area (Å²) in [5.74, 6) is 0. The van der Waals surface area contributed by atoms with Crippen LogP contribution in [0.5, 0.6) is 0 Å². The molecule has 1 heterocycles. The van der Waals surface area contributed by atoms with Crippen LogP contribution in [-0.2, 0) is 4.74 Å². The van der Waals surface area contributed by atoms with Gasteiger partial charge < -0.3 is 14.9 Å². The molecule has 0 amide bonds. The molecular formula is C8H17NO3. The molecule has 0 aromatic rings. The van der Waals surface area contributed by atoms with Crippen molar-refractivity contribution < 1.29 is 14.9 Å². The molecule has 0 bridgehead atoms. The summed E-state index contributed by atoms with van der Waals surface area (Å²) in [5, 5.41) is 17.6. The molecule has 2 N–H and O–H groups in total. The summed E-state index contributed by atoms with van der Waals surface area (Å²) >= 11 is 0. The SMILES string of the molecule is OCCCN1CCOC[C@@H]1CO. The van der Waals surface area contributed by atoms with E-state index in [9.17, 15) is 0 Å². The highest BCUT2D eigenvalue weighted by molar-refractivity contribution is 4.73. The molecule has 1 aliphatic heterocycles. The van der Waals surface area contributed by atoms with Crippen molar-refractivity contribution in [2.45, 2.75) is 12.5 Å². The van der Waals surface area contributed by atoms with Crippen LogP contribution in [0.25, 0.3) is 0 Å². The van der Waals surface area contributed by atoms with Gasteiger partial charge in [0.05, 0.1) is 25.9 Å². The van der Waals surface area contributed by atoms with Crippen LogP contribution in [0.3, 0.4) is 0 Å². The van der Waals surface area contributed by atoms with Crippen molar-refractivity contribution in [2.24, 2.45) is 0 Å². The molecule has 0 aliphatic carbocycles. The first-order chi connectivity index (χ1) is 5.88. The topological polar surface area (TPSA) is 52.9 Å². The number of rotatable bonds is 4. The normalized spacial score (nSPS) is 26.0. The van der Waals surface area contributed by atoms with Crippen LogP contribution in [0.1, 0.15) is 6.42 Å². The molecule has 4 nitrogen and oxygen atoms in total. The molecular weight excluding hydrogens is 158 g/mol. The molecule has 0 spiro atoms. The van der Waals surface area contributed by atoms with Gasteiger partial charge in [0.1, 0.15) is 0 Å². The minimum atomic E-state index is 0.130. The Hall–Kier alpha value is -0.160. The number of nitrogens with zero attached hydrogens (tertiary/aromatic N) is 1. The van der Waals surface area contributed by atoms with Crippen LogP contribution < -0.4 is 0 Å². The quantitative estimate of drug-likeness (QED) is 0.579. The van der Waals surface area contributed by atoms with E-state index in [1.165, 1.54) is 0 Å². The molecule has 1 aliphatic rings. The first-order valence-electron chi connectivity index (χ1n) is 4.42. The van der Waals surface area contributed by atoms with Crippen molar-refractivity contribution in [1.82, 2.24) is 4.90 Å². The molecule has 1 rings (SSSR count). The van der Waals surface area contributed by atoms with Gasteiger partial charge in [0.25, 0.3) is 0 Å². The monoisotopic (exact) mass is 175 g/mol. The lowest BCUT2D eigenvalue weighted by molar-refractivity contribution is -0.0290. The number of hydrogen-bond donors (Lipinski definition) is 2. The minimum absolute atomic E-state index is 0.130. The highest BCUT2D eigenvalue weighted by Gasteiger charge is 2.20. The van der Waals surface area contributed by atoms with Crippen molar-refractivity contribution in [1.29, 1.82) is 0 Å². The smallest absolute Gasteiger partial charge is 0.0644 e. The molecule has 72 valence electrons. The maximum Gasteiger partial charge on any atom is 0.0644 e. The van der Waals surface area contributed by atoms with Crippen LogP contribution in [0.4, 0.5) is 0 Å². The fourth-order valence-electron chi connectivity index (χ4n) is 1.43. The third kappa shape index (κ3) is 2.71. The lowest BCUT2D eigenvalue weighted by atomic mass is 10.2. The first-order valence-corrected chi connectivity index (χ1v) is 4.42. The van der Waals surface area contributed by atoms with Crippen LogP contribution in [0, 0.1) is 0 Å². The second-order valence-corrected chi connectivity index (χ2v) is 3.02.